The van der Waals surface area contributed by atoms with E-state index in [4.69, 9.17) is 4.74 Å². The Labute approximate surface area is 208 Å². The Hall–Kier alpha value is -2.09. The van der Waals surface area contributed by atoms with Gasteiger partial charge in [-0.1, -0.05) is 44.2 Å². The summed E-state index contributed by atoms with van der Waals surface area (Å²) in [6, 6.07) is 13.3. The van der Waals surface area contributed by atoms with Crippen LogP contribution in [0.3, 0.4) is 0 Å². The average Bonchev–Trinajstić information content (AvgIpc) is 3.15. The zero-order chi connectivity index (χ0) is 24.5. The van der Waals surface area contributed by atoms with Gasteiger partial charge in [0, 0.05) is 29.1 Å². The third-order valence-corrected chi connectivity index (χ3v) is 10.9. The van der Waals surface area contributed by atoms with E-state index in [-0.39, 0.29) is 29.2 Å². The van der Waals surface area contributed by atoms with Crippen LogP contribution in [0.2, 0.25) is 0 Å². The molecule has 35 heavy (non-hydrogen) atoms. The molecule has 1 saturated carbocycles. The Kier molecular flexibility index (Phi) is 5.47. The summed E-state index contributed by atoms with van der Waals surface area (Å²) in [5.41, 5.74) is 2.76. The number of nitrogens with zero attached hydrogens (tertiary/aromatic N) is 2. The maximum atomic E-state index is 14.0. The Morgan fingerprint density at radius 1 is 1.17 bits per heavy atom. The van der Waals surface area contributed by atoms with E-state index in [9.17, 15) is 13.5 Å². The highest BCUT2D eigenvalue weighted by Crippen LogP contribution is 2.63. The van der Waals surface area contributed by atoms with Crippen molar-refractivity contribution in [2.75, 3.05) is 20.1 Å². The highest BCUT2D eigenvalue weighted by molar-refractivity contribution is 7.88. The average molecular weight is 497 g/mol. The maximum absolute atomic E-state index is 14.0. The normalized spacial score (nSPS) is 31.5. The van der Waals surface area contributed by atoms with Crippen molar-refractivity contribution in [3.63, 3.8) is 0 Å². The molecule has 0 aromatic heterocycles. The second-order valence-electron chi connectivity index (χ2n) is 11.5. The number of ether oxygens (including phenoxy) is 1. The van der Waals surface area contributed by atoms with E-state index in [1.54, 1.807) is 10.4 Å². The number of hydrogen-bond acceptors (Lipinski definition) is 5. The van der Waals surface area contributed by atoms with Crippen LogP contribution in [0.4, 0.5) is 0 Å². The molecule has 2 heterocycles. The molecule has 2 aliphatic heterocycles. The molecule has 1 spiro atoms. The third-order valence-electron chi connectivity index (χ3n) is 9.05. The van der Waals surface area contributed by atoms with Crippen LogP contribution >= 0.6 is 0 Å². The topological polar surface area (TPSA) is 70.1 Å². The minimum Gasteiger partial charge on any atom is -0.508 e. The SMILES string of the molecule is CC(C)CN([C@H]1CC[C@H]2[C@H]3Cc4c(O)ccc5c4[C@@]2(CCN3C)[C@H]1O5)S(=O)(=O)Cc1ccccc1. The Morgan fingerprint density at radius 2 is 1.94 bits per heavy atom. The second kappa shape index (κ2) is 8.22. The van der Waals surface area contributed by atoms with Crippen molar-refractivity contribution in [3.8, 4) is 11.5 Å². The van der Waals surface area contributed by atoms with E-state index in [2.05, 4.69) is 25.8 Å². The minimum atomic E-state index is -3.56. The largest absolute Gasteiger partial charge is 0.508 e. The lowest BCUT2D eigenvalue weighted by atomic mass is 9.51. The van der Waals surface area contributed by atoms with Crippen molar-refractivity contribution in [2.45, 2.75) is 68.9 Å². The lowest BCUT2D eigenvalue weighted by Gasteiger charge is -2.60. The van der Waals surface area contributed by atoms with Crippen molar-refractivity contribution < 1.29 is 18.3 Å². The Balaban J connectivity index is 1.44. The fraction of sp³-hybridized carbons (Fsp3) is 0.571. The summed E-state index contributed by atoms with van der Waals surface area (Å²) in [5, 5.41) is 10.8. The van der Waals surface area contributed by atoms with Crippen molar-refractivity contribution >= 4 is 10.0 Å². The van der Waals surface area contributed by atoms with Gasteiger partial charge in [0.05, 0.1) is 11.8 Å². The number of phenolic OH excluding ortho intramolecular Hbond substituents is 1. The van der Waals surface area contributed by atoms with Gasteiger partial charge in [0.15, 0.2) is 0 Å². The molecule has 2 fully saturated rings. The number of phenols is 1. The van der Waals surface area contributed by atoms with Gasteiger partial charge in [-0.2, -0.15) is 4.31 Å². The molecule has 2 aliphatic carbocycles. The number of hydrogen-bond donors (Lipinski definition) is 1. The maximum Gasteiger partial charge on any atom is 0.218 e. The standard InChI is InChI=1S/C28H36N2O4S/c1-18(2)16-30(35(32,33)17-19-7-5-4-6-8-19)22-10-9-21-23-15-20-24(31)11-12-25-26(20)28(21,27(22)34-25)13-14-29(23)3/h4-8,11-12,18,21-23,27,31H,9-10,13-17H2,1-3H3/t21-,22-,23+,27-,28-/m0/s1. The summed E-state index contributed by atoms with van der Waals surface area (Å²) < 4.78 is 36.5. The van der Waals surface area contributed by atoms with E-state index in [0.29, 0.717) is 24.3 Å². The molecule has 2 bridgehead atoms. The van der Waals surface area contributed by atoms with E-state index in [1.807, 2.05) is 36.4 Å². The summed E-state index contributed by atoms with van der Waals surface area (Å²) in [6.45, 7) is 5.62. The molecule has 5 atom stereocenters. The molecule has 2 aromatic rings. The lowest BCUT2D eigenvalue weighted by Crippen LogP contribution is -2.68. The van der Waals surface area contributed by atoms with Crippen LogP contribution in [0.15, 0.2) is 42.5 Å². The summed E-state index contributed by atoms with van der Waals surface area (Å²) in [4.78, 5) is 2.44. The highest BCUT2D eigenvalue weighted by Gasteiger charge is 2.66. The van der Waals surface area contributed by atoms with Gasteiger partial charge in [0.1, 0.15) is 17.6 Å². The second-order valence-corrected chi connectivity index (χ2v) is 13.4. The summed E-state index contributed by atoms with van der Waals surface area (Å²) in [7, 11) is -1.37. The Bertz CT molecular complexity index is 1230. The van der Waals surface area contributed by atoms with Gasteiger partial charge in [0.25, 0.3) is 0 Å². The molecule has 6 nitrogen and oxygen atoms in total. The fourth-order valence-electron chi connectivity index (χ4n) is 7.70. The smallest absolute Gasteiger partial charge is 0.218 e. The molecule has 188 valence electrons. The molecule has 0 amide bonds. The van der Waals surface area contributed by atoms with Crippen LogP contribution in [-0.4, -0.2) is 61.1 Å². The third kappa shape index (κ3) is 3.45. The summed E-state index contributed by atoms with van der Waals surface area (Å²) in [5.74, 6) is 1.83. The number of benzene rings is 2. The highest BCUT2D eigenvalue weighted by atomic mass is 32.2. The molecule has 0 unspecified atom stereocenters. The van der Waals surface area contributed by atoms with Gasteiger partial charge >= 0.3 is 0 Å². The molecule has 6 rings (SSSR count). The number of sulfonamides is 1. The molecule has 2 aromatic carbocycles. The molecule has 4 aliphatic rings. The number of likely N-dealkylation sites (N-methyl/N-ethyl adjacent to an activating group) is 1. The monoisotopic (exact) mass is 496 g/mol. The lowest BCUT2D eigenvalue weighted by molar-refractivity contribution is -0.0709. The zero-order valence-corrected chi connectivity index (χ0v) is 21.7. The molecule has 1 N–H and O–H groups in total. The number of aromatic hydroxyl groups is 1. The van der Waals surface area contributed by atoms with E-state index < -0.39 is 10.0 Å². The first-order valence-corrected chi connectivity index (χ1v) is 14.6. The Morgan fingerprint density at radius 3 is 2.69 bits per heavy atom. The number of likely N-dealkylation sites (tertiary alicyclic amines) is 1. The van der Waals surface area contributed by atoms with Crippen LogP contribution in [0.1, 0.15) is 49.8 Å². The van der Waals surface area contributed by atoms with E-state index in [1.165, 1.54) is 5.56 Å². The van der Waals surface area contributed by atoms with Crippen LogP contribution in [-0.2, 0) is 27.6 Å². The van der Waals surface area contributed by atoms with Gasteiger partial charge in [-0.3, -0.25) is 0 Å². The first kappa shape index (κ1) is 23.3. The minimum absolute atomic E-state index is 0.00452. The van der Waals surface area contributed by atoms with Gasteiger partial charge in [-0.15, -0.1) is 0 Å². The van der Waals surface area contributed by atoms with Gasteiger partial charge in [-0.05, 0) is 68.8 Å². The van der Waals surface area contributed by atoms with Crippen LogP contribution < -0.4 is 4.74 Å². The van der Waals surface area contributed by atoms with Crippen LogP contribution in [0, 0.1) is 11.8 Å². The first-order valence-electron chi connectivity index (χ1n) is 13.0. The first-order chi connectivity index (χ1) is 16.7. The predicted octanol–water partition coefficient (Wildman–Crippen LogP) is 3.92. The molecule has 1 saturated heterocycles. The van der Waals surface area contributed by atoms with Crippen LogP contribution in [0.25, 0.3) is 0 Å². The van der Waals surface area contributed by atoms with Crippen LogP contribution in [0.5, 0.6) is 11.5 Å². The fourth-order valence-corrected chi connectivity index (χ4v) is 9.63. The van der Waals surface area contributed by atoms with E-state index >= 15 is 0 Å². The van der Waals surface area contributed by atoms with Crippen molar-refractivity contribution in [1.29, 1.82) is 0 Å². The zero-order valence-electron chi connectivity index (χ0n) is 20.9. The summed E-state index contributed by atoms with van der Waals surface area (Å²) >= 11 is 0. The predicted molar refractivity (Wildman–Crippen MR) is 136 cm³/mol. The summed E-state index contributed by atoms with van der Waals surface area (Å²) in [6.07, 6.45) is 3.32. The van der Waals surface area contributed by atoms with Gasteiger partial charge < -0.3 is 14.7 Å². The van der Waals surface area contributed by atoms with Crippen molar-refractivity contribution in [1.82, 2.24) is 9.21 Å². The van der Waals surface area contributed by atoms with Crippen molar-refractivity contribution in [3.05, 3.63) is 59.2 Å². The van der Waals surface area contributed by atoms with Crippen molar-refractivity contribution in [2.24, 2.45) is 11.8 Å². The molecular formula is C28H36N2O4S. The molecule has 7 heteroatoms. The molecular weight excluding hydrogens is 460 g/mol. The number of piperidine rings is 1. The van der Waals surface area contributed by atoms with Gasteiger partial charge in [0.2, 0.25) is 10.0 Å². The molecule has 0 radical (unpaired) electrons. The quantitative estimate of drug-likeness (QED) is 0.657. The van der Waals surface area contributed by atoms with E-state index in [0.717, 1.165) is 49.1 Å². The number of rotatable bonds is 6. The van der Waals surface area contributed by atoms with Gasteiger partial charge in [-0.25, -0.2) is 8.42 Å².